The van der Waals surface area contributed by atoms with Gasteiger partial charge in [-0.15, -0.1) is 0 Å². The van der Waals surface area contributed by atoms with Crippen molar-refractivity contribution in [3.8, 4) is 0 Å². The number of rotatable bonds is 4. The highest BCUT2D eigenvalue weighted by Crippen LogP contribution is 2.11. The van der Waals surface area contributed by atoms with Crippen LogP contribution in [0.5, 0.6) is 0 Å². The summed E-state index contributed by atoms with van der Waals surface area (Å²) in [6.07, 6.45) is 5.45. The molecule has 4 nitrogen and oxygen atoms in total. The molecule has 4 heteroatoms. The number of pyridine rings is 1. The summed E-state index contributed by atoms with van der Waals surface area (Å²) in [5.74, 6) is 0.993. The number of carbonyl (C=O) groups is 1. The molecule has 0 aliphatic heterocycles. The third-order valence-corrected chi connectivity index (χ3v) is 2.59. The summed E-state index contributed by atoms with van der Waals surface area (Å²) in [5, 5.41) is 0. The molecule has 16 heavy (non-hydrogen) atoms. The van der Waals surface area contributed by atoms with Crippen LogP contribution in [0.15, 0.2) is 24.5 Å². The Kier molecular flexibility index (Phi) is 3.01. The Balaban J connectivity index is 2.37. The molecule has 0 amide bonds. The van der Waals surface area contributed by atoms with Crippen LogP contribution in [-0.4, -0.2) is 41.2 Å². The number of nitrogens with zero attached hydrogens (tertiary/aromatic N) is 3. The molecule has 0 aliphatic carbocycles. The minimum absolute atomic E-state index is 0.686. The molecule has 0 N–H and O–H groups in total. The molecule has 2 aromatic rings. The molecule has 0 radical (unpaired) electrons. The molecule has 2 rings (SSSR count). The van der Waals surface area contributed by atoms with E-state index in [1.165, 1.54) is 0 Å². The minimum atomic E-state index is 0.686. The molecule has 0 spiro atoms. The van der Waals surface area contributed by atoms with Gasteiger partial charge in [-0.2, -0.15) is 0 Å². The van der Waals surface area contributed by atoms with E-state index in [1.54, 1.807) is 12.3 Å². The fourth-order valence-corrected chi connectivity index (χ4v) is 1.71. The van der Waals surface area contributed by atoms with Crippen LogP contribution in [0.25, 0.3) is 5.52 Å². The van der Waals surface area contributed by atoms with Crippen LogP contribution in [0.4, 0.5) is 0 Å². The lowest BCUT2D eigenvalue weighted by Crippen LogP contribution is -2.16. The van der Waals surface area contributed by atoms with Gasteiger partial charge in [-0.1, -0.05) is 0 Å². The largest absolute Gasteiger partial charge is 0.309 e. The number of carbonyl (C=O) groups excluding carboxylic acids is 1. The second-order valence-electron chi connectivity index (χ2n) is 4.06. The van der Waals surface area contributed by atoms with Crippen LogP contribution in [0.1, 0.15) is 16.2 Å². The lowest BCUT2D eigenvalue weighted by molar-refractivity contribution is 0.112. The first-order valence-corrected chi connectivity index (χ1v) is 5.27. The first-order valence-electron chi connectivity index (χ1n) is 5.27. The van der Waals surface area contributed by atoms with Crippen molar-refractivity contribution in [3.05, 3.63) is 35.9 Å². The van der Waals surface area contributed by atoms with Crippen LogP contribution in [0, 0.1) is 0 Å². The fraction of sp³-hybridized carbons (Fsp3) is 0.333. The van der Waals surface area contributed by atoms with Gasteiger partial charge >= 0.3 is 0 Å². The summed E-state index contributed by atoms with van der Waals surface area (Å²) in [6, 6.07) is 3.68. The van der Waals surface area contributed by atoms with E-state index in [1.807, 2.05) is 30.8 Å². The zero-order chi connectivity index (χ0) is 11.5. The molecule has 0 aromatic carbocycles. The van der Waals surface area contributed by atoms with Gasteiger partial charge in [-0.3, -0.25) is 4.79 Å². The molecule has 0 saturated carbocycles. The molecule has 0 aliphatic rings. The van der Waals surface area contributed by atoms with Crippen molar-refractivity contribution in [2.24, 2.45) is 0 Å². The predicted molar refractivity (Wildman–Crippen MR) is 62.8 cm³/mol. The number of aldehydes is 1. The summed E-state index contributed by atoms with van der Waals surface area (Å²) in [6.45, 7) is 0.949. The second-order valence-corrected chi connectivity index (χ2v) is 4.06. The van der Waals surface area contributed by atoms with Crippen molar-refractivity contribution in [1.82, 2.24) is 14.3 Å². The van der Waals surface area contributed by atoms with Gasteiger partial charge in [0.05, 0.1) is 11.7 Å². The van der Waals surface area contributed by atoms with Gasteiger partial charge in [-0.05, 0) is 26.2 Å². The number of imidazole rings is 1. The lowest BCUT2D eigenvalue weighted by Gasteiger charge is -2.08. The molecule has 2 heterocycles. The maximum atomic E-state index is 10.8. The van der Waals surface area contributed by atoms with E-state index in [0.29, 0.717) is 5.56 Å². The molecule has 84 valence electrons. The molecule has 0 saturated heterocycles. The summed E-state index contributed by atoms with van der Waals surface area (Å²) < 4.78 is 1.98. The van der Waals surface area contributed by atoms with Gasteiger partial charge in [-0.25, -0.2) is 4.98 Å². The second kappa shape index (κ2) is 4.45. The highest BCUT2D eigenvalue weighted by molar-refractivity contribution is 5.85. The first-order chi connectivity index (χ1) is 7.72. The monoisotopic (exact) mass is 217 g/mol. The van der Waals surface area contributed by atoms with Crippen molar-refractivity contribution in [3.63, 3.8) is 0 Å². The summed E-state index contributed by atoms with van der Waals surface area (Å²) in [7, 11) is 4.07. The normalized spacial score (nSPS) is 11.2. The number of hydrogen-bond acceptors (Lipinski definition) is 3. The van der Waals surface area contributed by atoms with E-state index >= 15 is 0 Å². The van der Waals surface area contributed by atoms with Crippen molar-refractivity contribution in [2.75, 3.05) is 20.6 Å². The van der Waals surface area contributed by atoms with Crippen LogP contribution in [0.3, 0.4) is 0 Å². The summed E-state index contributed by atoms with van der Waals surface area (Å²) in [4.78, 5) is 17.3. The van der Waals surface area contributed by atoms with Gasteiger partial charge in [0.1, 0.15) is 5.82 Å². The standard InChI is InChI=1S/C12H15N3O/c1-14(2)7-5-12-13-8-11-10(9-16)4-3-6-15(11)12/h3-4,6,8-9H,5,7H2,1-2H3. The molecule has 0 unspecified atom stereocenters. The van der Waals surface area contributed by atoms with E-state index < -0.39 is 0 Å². The fourth-order valence-electron chi connectivity index (χ4n) is 1.71. The Morgan fingerprint density at radius 2 is 2.31 bits per heavy atom. The number of likely N-dealkylation sites (N-methyl/N-ethyl adjacent to an activating group) is 1. The van der Waals surface area contributed by atoms with Crippen molar-refractivity contribution >= 4 is 11.8 Å². The lowest BCUT2D eigenvalue weighted by atomic mass is 10.2. The van der Waals surface area contributed by atoms with Gasteiger partial charge in [0.15, 0.2) is 6.29 Å². The van der Waals surface area contributed by atoms with E-state index in [4.69, 9.17) is 0 Å². The van der Waals surface area contributed by atoms with Gasteiger partial charge in [0.25, 0.3) is 0 Å². The van der Waals surface area contributed by atoms with E-state index in [9.17, 15) is 4.79 Å². The number of fused-ring (bicyclic) bond motifs is 1. The third kappa shape index (κ3) is 1.97. The topological polar surface area (TPSA) is 37.6 Å². The Morgan fingerprint density at radius 3 is 3.00 bits per heavy atom. The molecule has 0 fully saturated rings. The molecule has 0 atom stereocenters. The van der Waals surface area contributed by atoms with Crippen molar-refractivity contribution in [2.45, 2.75) is 6.42 Å². The summed E-state index contributed by atoms with van der Waals surface area (Å²) in [5.41, 5.74) is 1.57. The Labute approximate surface area is 94.5 Å². The quantitative estimate of drug-likeness (QED) is 0.723. The Hall–Kier alpha value is -1.68. The Bertz CT molecular complexity index is 502. The highest BCUT2D eigenvalue weighted by Gasteiger charge is 2.06. The van der Waals surface area contributed by atoms with Crippen LogP contribution in [0.2, 0.25) is 0 Å². The number of aromatic nitrogens is 2. The van der Waals surface area contributed by atoms with E-state index in [0.717, 1.165) is 30.6 Å². The molecular weight excluding hydrogens is 202 g/mol. The van der Waals surface area contributed by atoms with Gasteiger partial charge in [0, 0.05) is 24.7 Å². The SMILES string of the molecule is CN(C)CCc1ncc2c(C=O)cccn12. The minimum Gasteiger partial charge on any atom is -0.309 e. The van der Waals surface area contributed by atoms with Crippen molar-refractivity contribution in [1.29, 1.82) is 0 Å². The zero-order valence-corrected chi connectivity index (χ0v) is 9.55. The van der Waals surface area contributed by atoms with Crippen LogP contribution in [-0.2, 0) is 6.42 Å². The van der Waals surface area contributed by atoms with Crippen LogP contribution < -0.4 is 0 Å². The van der Waals surface area contributed by atoms with Crippen LogP contribution >= 0.6 is 0 Å². The third-order valence-electron chi connectivity index (χ3n) is 2.59. The van der Waals surface area contributed by atoms with Gasteiger partial charge in [0.2, 0.25) is 0 Å². The summed E-state index contributed by atoms with van der Waals surface area (Å²) >= 11 is 0. The smallest absolute Gasteiger partial charge is 0.152 e. The maximum absolute atomic E-state index is 10.8. The van der Waals surface area contributed by atoms with E-state index in [-0.39, 0.29) is 0 Å². The van der Waals surface area contributed by atoms with E-state index in [2.05, 4.69) is 9.88 Å². The number of hydrogen-bond donors (Lipinski definition) is 0. The first kappa shape index (κ1) is 10.8. The average Bonchev–Trinajstić information content (AvgIpc) is 2.69. The molecule has 0 bridgehead atoms. The average molecular weight is 217 g/mol. The highest BCUT2D eigenvalue weighted by atomic mass is 16.1. The Morgan fingerprint density at radius 1 is 1.50 bits per heavy atom. The van der Waals surface area contributed by atoms with Gasteiger partial charge < -0.3 is 9.30 Å². The zero-order valence-electron chi connectivity index (χ0n) is 9.55. The molecular formula is C12H15N3O. The predicted octanol–water partition coefficient (Wildman–Crippen LogP) is 1.25. The molecule has 2 aromatic heterocycles. The maximum Gasteiger partial charge on any atom is 0.152 e. The van der Waals surface area contributed by atoms with Crippen molar-refractivity contribution < 1.29 is 4.79 Å².